The Morgan fingerprint density at radius 2 is 1.81 bits per heavy atom. The van der Waals surface area contributed by atoms with E-state index >= 15 is 0 Å². The number of benzene rings is 2. The van der Waals surface area contributed by atoms with Crippen molar-refractivity contribution >= 4 is 19.7 Å². The normalized spacial score (nSPS) is 11.4. The van der Waals surface area contributed by atoms with E-state index in [4.69, 9.17) is 15.4 Å². The summed E-state index contributed by atoms with van der Waals surface area (Å²) in [4.78, 5) is 0.0342. The molecule has 21 heavy (non-hydrogen) atoms. The number of hydrogen-bond donors (Lipinski definition) is 0. The Labute approximate surface area is 127 Å². The van der Waals surface area contributed by atoms with E-state index in [9.17, 15) is 12.8 Å². The fourth-order valence-electron chi connectivity index (χ4n) is 1.91. The minimum Gasteiger partial charge on any atom is -0.489 e. The molecular weight excluding hydrogens is 315 g/mol. The van der Waals surface area contributed by atoms with Crippen molar-refractivity contribution in [1.29, 1.82) is 0 Å². The summed E-state index contributed by atoms with van der Waals surface area (Å²) in [6, 6.07) is 8.88. The predicted octanol–water partition coefficient (Wildman–Crippen LogP) is 3.95. The van der Waals surface area contributed by atoms with Gasteiger partial charge in [0.15, 0.2) is 0 Å². The molecule has 0 aliphatic carbocycles. The lowest BCUT2D eigenvalue weighted by molar-refractivity contribution is 0.303. The van der Waals surface area contributed by atoms with Crippen molar-refractivity contribution in [2.24, 2.45) is 0 Å². The van der Waals surface area contributed by atoms with E-state index in [0.29, 0.717) is 11.3 Å². The van der Waals surface area contributed by atoms with Crippen LogP contribution in [0.15, 0.2) is 41.3 Å². The van der Waals surface area contributed by atoms with Crippen molar-refractivity contribution in [3.63, 3.8) is 0 Å². The van der Waals surface area contributed by atoms with Crippen molar-refractivity contribution < 1.29 is 17.5 Å². The zero-order valence-electron chi connectivity index (χ0n) is 11.6. The molecule has 2 rings (SSSR count). The summed E-state index contributed by atoms with van der Waals surface area (Å²) in [5.41, 5.74) is 2.33. The lowest BCUT2D eigenvalue weighted by atomic mass is 10.1. The van der Waals surface area contributed by atoms with Gasteiger partial charge in [0, 0.05) is 10.7 Å². The monoisotopic (exact) mass is 328 g/mol. The molecular formula is C15H14ClFO3S. The van der Waals surface area contributed by atoms with Crippen LogP contribution in [0.3, 0.4) is 0 Å². The lowest BCUT2D eigenvalue weighted by Crippen LogP contribution is -2.00. The molecule has 0 aliphatic heterocycles. The van der Waals surface area contributed by atoms with Crippen molar-refractivity contribution in [1.82, 2.24) is 0 Å². The Morgan fingerprint density at radius 1 is 1.10 bits per heavy atom. The molecule has 2 aromatic rings. The summed E-state index contributed by atoms with van der Waals surface area (Å²) in [5, 5.41) is 0. The molecule has 0 saturated heterocycles. The number of ether oxygens (including phenoxy) is 1. The highest BCUT2D eigenvalue weighted by atomic mass is 35.7. The van der Waals surface area contributed by atoms with Crippen LogP contribution in [0.1, 0.15) is 16.7 Å². The Hall–Kier alpha value is -1.59. The first-order valence-corrected chi connectivity index (χ1v) is 8.51. The molecule has 0 atom stereocenters. The fraction of sp³-hybridized carbons (Fsp3) is 0.200. The average Bonchev–Trinajstić information content (AvgIpc) is 2.38. The average molecular weight is 329 g/mol. The quantitative estimate of drug-likeness (QED) is 0.798. The van der Waals surface area contributed by atoms with Gasteiger partial charge in [0.05, 0.1) is 4.90 Å². The molecule has 0 radical (unpaired) electrons. The molecule has 0 heterocycles. The SMILES string of the molecule is Cc1cc(F)ccc1COc1ccc(S(=O)(=O)Cl)cc1C. The zero-order valence-corrected chi connectivity index (χ0v) is 13.1. The second kappa shape index (κ2) is 6.03. The van der Waals surface area contributed by atoms with Crippen LogP contribution in [0.5, 0.6) is 5.75 Å². The number of aryl methyl sites for hydroxylation is 2. The van der Waals surface area contributed by atoms with Gasteiger partial charge < -0.3 is 4.74 Å². The van der Waals surface area contributed by atoms with E-state index < -0.39 is 9.05 Å². The standard InChI is InChI=1S/C15H14ClFO3S/c1-10-7-13(17)4-3-12(10)9-20-15-6-5-14(8-11(15)2)21(16,18)19/h3-8H,9H2,1-2H3. The molecule has 112 valence electrons. The van der Waals surface area contributed by atoms with E-state index in [1.165, 1.54) is 24.3 Å². The Morgan fingerprint density at radius 3 is 2.38 bits per heavy atom. The van der Waals surface area contributed by atoms with Gasteiger partial charge in [-0.05, 0) is 60.9 Å². The molecule has 0 bridgehead atoms. The van der Waals surface area contributed by atoms with Gasteiger partial charge in [-0.2, -0.15) is 0 Å². The van der Waals surface area contributed by atoms with Gasteiger partial charge in [0.2, 0.25) is 0 Å². The number of halogens is 2. The predicted molar refractivity (Wildman–Crippen MR) is 79.7 cm³/mol. The molecule has 2 aromatic carbocycles. The molecule has 6 heteroatoms. The van der Waals surface area contributed by atoms with Crippen LogP contribution in [0, 0.1) is 19.7 Å². The van der Waals surface area contributed by atoms with Crippen LogP contribution in [0.25, 0.3) is 0 Å². The van der Waals surface area contributed by atoms with Crippen molar-refractivity contribution in [3.05, 3.63) is 58.9 Å². The minimum absolute atomic E-state index is 0.0342. The second-order valence-electron chi connectivity index (χ2n) is 4.72. The third kappa shape index (κ3) is 3.95. The van der Waals surface area contributed by atoms with Gasteiger partial charge >= 0.3 is 0 Å². The Kier molecular flexibility index (Phi) is 4.54. The van der Waals surface area contributed by atoms with Crippen LogP contribution in [0.4, 0.5) is 4.39 Å². The molecule has 0 unspecified atom stereocenters. The molecule has 0 aromatic heterocycles. The van der Waals surface area contributed by atoms with E-state index in [-0.39, 0.29) is 17.3 Å². The Bertz CT molecular complexity index is 772. The van der Waals surface area contributed by atoms with Gasteiger partial charge in [0.1, 0.15) is 18.2 Å². The van der Waals surface area contributed by atoms with Crippen molar-refractivity contribution in [2.45, 2.75) is 25.3 Å². The van der Waals surface area contributed by atoms with Gasteiger partial charge in [-0.3, -0.25) is 0 Å². The van der Waals surface area contributed by atoms with E-state index in [1.54, 1.807) is 26.0 Å². The lowest BCUT2D eigenvalue weighted by Gasteiger charge is -2.11. The van der Waals surface area contributed by atoms with E-state index in [1.807, 2.05) is 0 Å². The van der Waals surface area contributed by atoms with E-state index in [2.05, 4.69) is 0 Å². The smallest absolute Gasteiger partial charge is 0.261 e. The van der Waals surface area contributed by atoms with Gasteiger partial charge in [-0.15, -0.1) is 0 Å². The maximum atomic E-state index is 13.0. The van der Waals surface area contributed by atoms with Gasteiger partial charge in [-0.1, -0.05) is 6.07 Å². The zero-order chi connectivity index (χ0) is 15.6. The third-order valence-electron chi connectivity index (χ3n) is 3.12. The van der Waals surface area contributed by atoms with Crippen LogP contribution in [-0.4, -0.2) is 8.42 Å². The van der Waals surface area contributed by atoms with Gasteiger partial charge in [-0.25, -0.2) is 12.8 Å². The highest BCUT2D eigenvalue weighted by Crippen LogP contribution is 2.25. The second-order valence-corrected chi connectivity index (χ2v) is 7.29. The topological polar surface area (TPSA) is 43.4 Å². The minimum atomic E-state index is -3.75. The highest BCUT2D eigenvalue weighted by molar-refractivity contribution is 8.13. The number of hydrogen-bond acceptors (Lipinski definition) is 3. The molecule has 0 N–H and O–H groups in total. The summed E-state index contributed by atoms with van der Waals surface area (Å²) in [6.07, 6.45) is 0. The van der Waals surface area contributed by atoms with Crippen LogP contribution >= 0.6 is 10.7 Å². The maximum Gasteiger partial charge on any atom is 0.261 e. The number of rotatable bonds is 4. The molecule has 0 fully saturated rings. The van der Waals surface area contributed by atoms with Crippen LogP contribution in [0.2, 0.25) is 0 Å². The van der Waals surface area contributed by atoms with Crippen LogP contribution < -0.4 is 4.74 Å². The fourth-order valence-corrected chi connectivity index (χ4v) is 2.75. The first-order chi connectivity index (χ1) is 9.77. The molecule has 3 nitrogen and oxygen atoms in total. The summed E-state index contributed by atoms with van der Waals surface area (Å²) in [6.45, 7) is 3.82. The molecule has 0 spiro atoms. The Balaban J connectivity index is 2.17. The maximum absolute atomic E-state index is 13.0. The summed E-state index contributed by atoms with van der Waals surface area (Å²) < 4.78 is 41.2. The molecule has 0 saturated carbocycles. The summed E-state index contributed by atoms with van der Waals surface area (Å²) in [5.74, 6) is 0.270. The highest BCUT2D eigenvalue weighted by Gasteiger charge is 2.12. The van der Waals surface area contributed by atoms with Crippen molar-refractivity contribution in [2.75, 3.05) is 0 Å². The molecule has 0 aliphatic rings. The first-order valence-electron chi connectivity index (χ1n) is 6.20. The van der Waals surface area contributed by atoms with Crippen molar-refractivity contribution in [3.8, 4) is 5.75 Å². The van der Waals surface area contributed by atoms with E-state index in [0.717, 1.165) is 11.1 Å². The van der Waals surface area contributed by atoms with Crippen LogP contribution in [-0.2, 0) is 15.7 Å². The molecule has 0 amide bonds. The largest absolute Gasteiger partial charge is 0.489 e. The first kappa shape index (κ1) is 15.8. The summed E-state index contributed by atoms with van der Waals surface area (Å²) in [7, 11) is 1.54. The summed E-state index contributed by atoms with van der Waals surface area (Å²) >= 11 is 0. The third-order valence-corrected chi connectivity index (χ3v) is 4.47. The van der Waals surface area contributed by atoms with Gasteiger partial charge in [0.25, 0.3) is 9.05 Å².